The molecular formula is C22H25FN4O2. The Kier molecular flexibility index (Phi) is 4.64. The van der Waals surface area contributed by atoms with Gasteiger partial charge in [-0.3, -0.25) is 4.90 Å². The molecular weight excluding hydrogens is 371 g/mol. The molecule has 2 aromatic carbocycles. The van der Waals surface area contributed by atoms with Crippen LogP contribution < -0.4 is 10.1 Å². The number of aromatic nitrogens is 2. The molecule has 0 aliphatic carbocycles. The number of halogens is 1. The average Bonchev–Trinajstić information content (AvgIpc) is 3.09. The molecule has 0 bridgehead atoms. The molecule has 1 fully saturated rings. The zero-order valence-corrected chi connectivity index (χ0v) is 16.6. The van der Waals surface area contributed by atoms with E-state index < -0.39 is 0 Å². The van der Waals surface area contributed by atoms with E-state index in [1.807, 2.05) is 31.2 Å². The van der Waals surface area contributed by atoms with Crippen molar-refractivity contribution in [2.24, 2.45) is 0 Å². The van der Waals surface area contributed by atoms with Crippen LogP contribution in [-0.2, 0) is 4.74 Å². The SMILES string of the molecule is Cc1nc2c(N[C@H]3c4ccc(F)cc4OCC3N3CCO[C@H](C)C3)cccc2[nH]1. The van der Waals surface area contributed by atoms with Crippen molar-refractivity contribution in [3.05, 3.63) is 53.6 Å². The summed E-state index contributed by atoms with van der Waals surface area (Å²) < 4.78 is 25.5. The van der Waals surface area contributed by atoms with Gasteiger partial charge in [-0.15, -0.1) is 0 Å². The van der Waals surface area contributed by atoms with Crippen LogP contribution in [0, 0.1) is 12.7 Å². The molecule has 2 N–H and O–H groups in total. The maximum atomic E-state index is 13.8. The van der Waals surface area contributed by atoms with Gasteiger partial charge in [0, 0.05) is 24.7 Å². The normalized spacial score (nSPS) is 24.9. The minimum atomic E-state index is -0.286. The van der Waals surface area contributed by atoms with E-state index in [-0.39, 0.29) is 24.0 Å². The number of nitrogens with zero attached hydrogens (tertiary/aromatic N) is 2. The van der Waals surface area contributed by atoms with E-state index in [0.29, 0.717) is 19.0 Å². The lowest BCUT2D eigenvalue weighted by Crippen LogP contribution is -2.54. The monoisotopic (exact) mass is 396 g/mol. The van der Waals surface area contributed by atoms with Crippen molar-refractivity contribution < 1.29 is 13.9 Å². The number of ether oxygens (including phenoxy) is 2. The minimum absolute atomic E-state index is 0.0488. The maximum absolute atomic E-state index is 13.8. The lowest BCUT2D eigenvalue weighted by Gasteiger charge is -2.44. The van der Waals surface area contributed by atoms with Gasteiger partial charge in [-0.05, 0) is 32.0 Å². The first-order valence-electron chi connectivity index (χ1n) is 10.1. The lowest BCUT2D eigenvalue weighted by molar-refractivity contribution is -0.0465. The van der Waals surface area contributed by atoms with E-state index in [1.165, 1.54) is 12.1 Å². The molecule has 6 nitrogen and oxygen atoms in total. The fourth-order valence-corrected chi connectivity index (χ4v) is 4.44. The number of hydrogen-bond donors (Lipinski definition) is 2. The Labute approximate surface area is 169 Å². The summed E-state index contributed by atoms with van der Waals surface area (Å²) >= 11 is 0. The van der Waals surface area contributed by atoms with Crippen LogP contribution in [0.15, 0.2) is 36.4 Å². The standard InChI is InChI=1S/C22H25FN4O2/c1-13-11-27(8-9-28-13)19-12-29-20-10-15(23)6-7-16(20)21(19)26-18-5-3-4-17-22(18)25-14(2)24-17/h3-7,10,13,19,21,26H,8-9,11-12H2,1-2H3,(H,24,25)/t13-,19?,21+/m1/s1. The first-order valence-corrected chi connectivity index (χ1v) is 10.1. The smallest absolute Gasteiger partial charge is 0.127 e. The zero-order chi connectivity index (χ0) is 20.0. The number of aryl methyl sites for hydroxylation is 1. The fraction of sp³-hybridized carbons (Fsp3) is 0.409. The Morgan fingerprint density at radius 2 is 2.17 bits per heavy atom. The highest BCUT2D eigenvalue weighted by atomic mass is 19.1. The molecule has 29 heavy (non-hydrogen) atoms. The molecule has 3 heterocycles. The molecule has 152 valence electrons. The van der Waals surface area contributed by atoms with Crippen molar-refractivity contribution in [3.63, 3.8) is 0 Å². The zero-order valence-electron chi connectivity index (χ0n) is 16.6. The van der Waals surface area contributed by atoms with Crippen LogP contribution >= 0.6 is 0 Å². The van der Waals surface area contributed by atoms with Crippen LogP contribution in [0.25, 0.3) is 11.0 Å². The molecule has 3 aromatic rings. The number of nitrogens with one attached hydrogen (secondary N) is 2. The topological polar surface area (TPSA) is 62.4 Å². The van der Waals surface area contributed by atoms with Gasteiger partial charge in [0.2, 0.25) is 0 Å². The van der Waals surface area contributed by atoms with Gasteiger partial charge >= 0.3 is 0 Å². The van der Waals surface area contributed by atoms with Gasteiger partial charge in [0.25, 0.3) is 0 Å². The number of morpholine rings is 1. The third kappa shape index (κ3) is 3.45. The van der Waals surface area contributed by atoms with Gasteiger partial charge in [0.15, 0.2) is 0 Å². The van der Waals surface area contributed by atoms with Gasteiger partial charge in [0.05, 0.1) is 36.0 Å². The second kappa shape index (κ2) is 7.31. The number of anilines is 1. The van der Waals surface area contributed by atoms with Crippen LogP contribution in [0.2, 0.25) is 0 Å². The summed E-state index contributed by atoms with van der Waals surface area (Å²) in [5.74, 6) is 1.19. The van der Waals surface area contributed by atoms with Crippen molar-refractivity contribution in [1.29, 1.82) is 0 Å². The summed E-state index contributed by atoms with van der Waals surface area (Å²) in [7, 11) is 0. The molecule has 0 spiro atoms. The molecule has 0 radical (unpaired) electrons. The van der Waals surface area contributed by atoms with E-state index in [4.69, 9.17) is 9.47 Å². The van der Waals surface area contributed by atoms with Gasteiger partial charge in [0.1, 0.15) is 29.5 Å². The molecule has 3 atom stereocenters. The van der Waals surface area contributed by atoms with Crippen LogP contribution in [0.1, 0.15) is 24.4 Å². The van der Waals surface area contributed by atoms with E-state index in [0.717, 1.165) is 41.2 Å². The summed E-state index contributed by atoms with van der Waals surface area (Å²) in [4.78, 5) is 10.4. The summed E-state index contributed by atoms with van der Waals surface area (Å²) in [6.07, 6.45) is 0.177. The van der Waals surface area contributed by atoms with Crippen LogP contribution in [-0.4, -0.2) is 53.3 Å². The first-order chi connectivity index (χ1) is 14.1. The third-order valence-corrected chi connectivity index (χ3v) is 5.79. The Morgan fingerprint density at radius 1 is 1.28 bits per heavy atom. The van der Waals surface area contributed by atoms with Gasteiger partial charge in [-0.25, -0.2) is 9.37 Å². The number of para-hydroxylation sites is 1. The molecule has 1 aromatic heterocycles. The molecule has 7 heteroatoms. The number of hydrogen-bond acceptors (Lipinski definition) is 5. The number of H-pyrrole nitrogens is 1. The van der Waals surface area contributed by atoms with Crippen LogP contribution in [0.4, 0.5) is 10.1 Å². The molecule has 2 aliphatic rings. The molecule has 5 rings (SSSR count). The fourth-order valence-electron chi connectivity index (χ4n) is 4.44. The summed E-state index contributed by atoms with van der Waals surface area (Å²) in [5, 5.41) is 3.71. The van der Waals surface area contributed by atoms with E-state index in [2.05, 4.69) is 27.1 Å². The van der Waals surface area contributed by atoms with Gasteiger partial charge in [-0.1, -0.05) is 12.1 Å². The van der Waals surface area contributed by atoms with Gasteiger partial charge < -0.3 is 19.8 Å². The van der Waals surface area contributed by atoms with Gasteiger partial charge in [-0.2, -0.15) is 0 Å². The average molecular weight is 396 g/mol. The lowest BCUT2D eigenvalue weighted by atomic mass is 9.94. The van der Waals surface area contributed by atoms with E-state index >= 15 is 0 Å². The highest BCUT2D eigenvalue weighted by Gasteiger charge is 2.37. The predicted octanol–water partition coefficient (Wildman–Crippen LogP) is 3.65. The Balaban J connectivity index is 1.55. The number of benzene rings is 2. The predicted molar refractivity (Wildman–Crippen MR) is 110 cm³/mol. The summed E-state index contributed by atoms with van der Waals surface area (Å²) in [6, 6.07) is 10.9. The molecule has 0 saturated carbocycles. The quantitative estimate of drug-likeness (QED) is 0.708. The maximum Gasteiger partial charge on any atom is 0.127 e. The second-order valence-corrected chi connectivity index (χ2v) is 7.88. The summed E-state index contributed by atoms with van der Waals surface area (Å²) in [5.41, 5.74) is 3.83. The Morgan fingerprint density at radius 3 is 3.03 bits per heavy atom. The van der Waals surface area contributed by atoms with Crippen molar-refractivity contribution in [1.82, 2.24) is 14.9 Å². The summed E-state index contributed by atoms with van der Waals surface area (Å²) in [6.45, 7) is 6.93. The molecule has 1 saturated heterocycles. The van der Waals surface area contributed by atoms with Crippen molar-refractivity contribution in [2.45, 2.75) is 32.0 Å². The Hall–Kier alpha value is -2.64. The van der Waals surface area contributed by atoms with Crippen molar-refractivity contribution >= 4 is 16.7 Å². The van der Waals surface area contributed by atoms with Crippen molar-refractivity contribution in [2.75, 3.05) is 31.6 Å². The second-order valence-electron chi connectivity index (χ2n) is 7.88. The Bertz CT molecular complexity index is 1040. The highest BCUT2D eigenvalue weighted by Crippen LogP contribution is 2.38. The molecule has 0 amide bonds. The molecule has 1 unspecified atom stereocenters. The molecule has 2 aliphatic heterocycles. The number of rotatable bonds is 3. The number of aromatic amines is 1. The van der Waals surface area contributed by atoms with Crippen molar-refractivity contribution in [3.8, 4) is 5.75 Å². The van der Waals surface area contributed by atoms with E-state index in [9.17, 15) is 4.39 Å². The number of fused-ring (bicyclic) bond motifs is 2. The number of imidazole rings is 1. The largest absolute Gasteiger partial charge is 0.491 e. The highest BCUT2D eigenvalue weighted by molar-refractivity contribution is 5.88. The van der Waals surface area contributed by atoms with Crippen LogP contribution in [0.3, 0.4) is 0 Å². The van der Waals surface area contributed by atoms with Crippen LogP contribution in [0.5, 0.6) is 5.75 Å². The third-order valence-electron chi connectivity index (χ3n) is 5.79. The minimum Gasteiger partial charge on any atom is -0.491 e. The first kappa shape index (κ1) is 18.4. The van der Waals surface area contributed by atoms with E-state index in [1.54, 1.807) is 0 Å².